The molecule has 0 amide bonds. The van der Waals surface area contributed by atoms with E-state index in [-0.39, 0.29) is 5.60 Å². The van der Waals surface area contributed by atoms with Gasteiger partial charge in [-0.15, -0.1) is 0 Å². The molecule has 0 spiro atoms. The van der Waals surface area contributed by atoms with Gasteiger partial charge in [-0.05, 0) is 40.2 Å². The van der Waals surface area contributed by atoms with Crippen LogP contribution in [0.3, 0.4) is 0 Å². The summed E-state index contributed by atoms with van der Waals surface area (Å²) in [7, 11) is 0. The van der Waals surface area contributed by atoms with E-state index in [0.29, 0.717) is 0 Å². The van der Waals surface area contributed by atoms with Crippen LogP contribution < -0.4 is 5.73 Å². The Balaban J connectivity index is 3.01. The van der Waals surface area contributed by atoms with E-state index >= 15 is 0 Å². The summed E-state index contributed by atoms with van der Waals surface area (Å²) in [6.07, 6.45) is 4.80. The van der Waals surface area contributed by atoms with Crippen molar-refractivity contribution in [2.75, 3.05) is 13.2 Å². The molecule has 2 N–H and O–H groups in total. The second-order valence-electron chi connectivity index (χ2n) is 4.16. The van der Waals surface area contributed by atoms with Crippen LogP contribution in [0.25, 0.3) is 0 Å². The van der Waals surface area contributed by atoms with E-state index < -0.39 is 0 Å². The van der Waals surface area contributed by atoms with E-state index in [1.807, 2.05) is 0 Å². The van der Waals surface area contributed by atoms with Crippen LogP contribution in [0, 0.1) is 0 Å². The standard InChI is InChI=1S/C10H23NO/c1-10(2,3)12-9-7-5-4-6-8-11/h4-9,11H2,1-3H3. The van der Waals surface area contributed by atoms with Crippen molar-refractivity contribution in [3.8, 4) is 0 Å². The molecule has 0 aromatic heterocycles. The zero-order chi connectivity index (χ0) is 9.45. The van der Waals surface area contributed by atoms with Crippen molar-refractivity contribution < 1.29 is 4.74 Å². The van der Waals surface area contributed by atoms with Gasteiger partial charge in [0.05, 0.1) is 5.60 Å². The van der Waals surface area contributed by atoms with Gasteiger partial charge in [-0.3, -0.25) is 0 Å². The molecule has 0 aromatic carbocycles. The van der Waals surface area contributed by atoms with Crippen LogP contribution in [-0.4, -0.2) is 18.8 Å². The summed E-state index contributed by atoms with van der Waals surface area (Å²) < 4.78 is 5.58. The van der Waals surface area contributed by atoms with Gasteiger partial charge in [-0.25, -0.2) is 0 Å². The topological polar surface area (TPSA) is 35.2 Å². The number of hydrogen-bond acceptors (Lipinski definition) is 2. The molecular weight excluding hydrogens is 150 g/mol. The molecule has 74 valence electrons. The lowest BCUT2D eigenvalue weighted by Gasteiger charge is -2.19. The summed E-state index contributed by atoms with van der Waals surface area (Å²) in [4.78, 5) is 0. The maximum Gasteiger partial charge on any atom is 0.0598 e. The lowest BCUT2D eigenvalue weighted by atomic mass is 10.2. The molecule has 0 heterocycles. The molecule has 0 saturated carbocycles. The van der Waals surface area contributed by atoms with Gasteiger partial charge >= 0.3 is 0 Å². The normalized spacial score (nSPS) is 12.0. The van der Waals surface area contributed by atoms with Gasteiger partial charge in [-0.1, -0.05) is 12.8 Å². The summed E-state index contributed by atoms with van der Waals surface area (Å²) in [5.41, 5.74) is 5.40. The van der Waals surface area contributed by atoms with Crippen molar-refractivity contribution in [3.63, 3.8) is 0 Å². The quantitative estimate of drug-likeness (QED) is 0.626. The van der Waals surface area contributed by atoms with E-state index in [9.17, 15) is 0 Å². The fourth-order valence-electron chi connectivity index (χ4n) is 0.978. The molecule has 2 heteroatoms. The lowest BCUT2D eigenvalue weighted by molar-refractivity contribution is -0.00472. The summed E-state index contributed by atoms with van der Waals surface area (Å²) in [6.45, 7) is 7.97. The maximum absolute atomic E-state index is 5.58. The highest BCUT2D eigenvalue weighted by atomic mass is 16.5. The molecule has 0 unspecified atom stereocenters. The lowest BCUT2D eigenvalue weighted by Crippen LogP contribution is -2.19. The van der Waals surface area contributed by atoms with Gasteiger partial charge in [0.15, 0.2) is 0 Å². The van der Waals surface area contributed by atoms with E-state index in [4.69, 9.17) is 10.5 Å². The molecule has 0 aliphatic heterocycles. The van der Waals surface area contributed by atoms with Crippen LogP contribution in [0.4, 0.5) is 0 Å². The highest BCUT2D eigenvalue weighted by Gasteiger charge is 2.08. The zero-order valence-electron chi connectivity index (χ0n) is 8.73. The summed E-state index contributed by atoms with van der Waals surface area (Å²) in [6, 6.07) is 0. The van der Waals surface area contributed by atoms with Crippen LogP contribution in [0.5, 0.6) is 0 Å². The van der Waals surface area contributed by atoms with Gasteiger partial charge < -0.3 is 10.5 Å². The average molecular weight is 173 g/mol. The van der Waals surface area contributed by atoms with Crippen molar-refractivity contribution in [1.29, 1.82) is 0 Å². The van der Waals surface area contributed by atoms with Gasteiger partial charge in [-0.2, -0.15) is 0 Å². The largest absolute Gasteiger partial charge is 0.376 e. The van der Waals surface area contributed by atoms with E-state index in [1.54, 1.807) is 0 Å². The highest BCUT2D eigenvalue weighted by molar-refractivity contribution is 4.58. The third-order valence-electron chi connectivity index (χ3n) is 1.63. The first-order valence-corrected chi connectivity index (χ1v) is 4.90. The molecular formula is C10H23NO. The number of rotatable bonds is 6. The van der Waals surface area contributed by atoms with Gasteiger partial charge in [0.25, 0.3) is 0 Å². The minimum atomic E-state index is 0.0217. The maximum atomic E-state index is 5.58. The first-order chi connectivity index (χ1) is 5.56. The Morgan fingerprint density at radius 1 is 1.00 bits per heavy atom. The fourth-order valence-corrected chi connectivity index (χ4v) is 0.978. The number of unbranched alkanes of at least 4 members (excludes halogenated alkanes) is 3. The fraction of sp³-hybridized carbons (Fsp3) is 1.00. The zero-order valence-corrected chi connectivity index (χ0v) is 8.73. The molecule has 2 nitrogen and oxygen atoms in total. The van der Waals surface area contributed by atoms with Crippen molar-refractivity contribution in [3.05, 3.63) is 0 Å². The predicted molar refractivity (Wildman–Crippen MR) is 53.2 cm³/mol. The third kappa shape index (κ3) is 9.92. The van der Waals surface area contributed by atoms with Crippen LogP contribution in [-0.2, 0) is 4.74 Å². The second kappa shape index (κ2) is 6.44. The van der Waals surface area contributed by atoms with Gasteiger partial charge in [0.2, 0.25) is 0 Å². The molecule has 12 heavy (non-hydrogen) atoms. The first-order valence-electron chi connectivity index (χ1n) is 4.90. The smallest absolute Gasteiger partial charge is 0.0598 e. The summed E-state index contributed by atoms with van der Waals surface area (Å²) in [5, 5.41) is 0. The van der Waals surface area contributed by atoms with Crippen LogP contribution >= 0.6 is 0 Å². The molecule has 0 aromatic rings. The van der Waals surface area contributed by atoms with Crippen molar-refractivity contribution in [2.45, 2.75) is 52.1 Å². The van der Waals surface area contributed by atoms with Crippen LogP contribution in [0.2, 0.25) is 0 Å². The molecule has 0 radical (unpaired) electrons. The molecule has 0 fully saturated rings. The molecule has 0 aliphatic rings. The minimum Gasteiger partial charge on any atom is -0.376 e. The van der Waals surface area contributed by atoms with Crippen molar-refractivity contribution in [1.82, 2.24) is 0 Å². The monoisotopic (exact) mass is 173 g/mol. The SMILES string of the molecule is CC(C)(C)OCCCCCCN. The Morgan fingerprint density at radius 3 is 2.08 bits per heavy atom. The second-order valence-corrected chi connectivity index (χ2v) is 4.16. The Hall–Kier alpha value is -0.0800. The summed E-state index contributed by atoms with van der Waals surface area (Å²) >= 11 is 0. The highest BCUT2D eigenvalue weighted by Crippen LogP contribution is 2.08. The van der Waals surface area contributed by atoms with E-state index in [1.165, 1.54) is 12.8 Å². The molecule has 0 rings (SSSR count). The molecule has 0 bridgehead atoms. The van der Waals surface area contributed by atoms with E-state index in [0.717, 1.165) is 26.0 Å². The number of ether oxygens (including phenoxy) is 1. The number of nitrogens with two attached hydrogens (primary N) is 1. The molecule has 0 aliphatic carbocycles. The Bertz CT molecular complexity index is 96.5. The Kier molecular flexibility index (Phi) is 6.39. The van der Waals surface area contributed by atoms with Crippen molar-refractivity contribution >= 4 is 0 Å². The summed E-state index contributed by atoms with van der Waals surface area (Å²) in [5.74, 6) is 0. The van der Waals surface area contributed by atoms with Crippen molar-refractivity contribution in [2.24, 2.45) is 5.73 Å². The average Bonchev–Trinajstić information content (AvgIpc) is 1.94. The van der Waals surface area contributed by atoms with Gasteiger partial charge in [0, 0.05) is 6.61 Å². The van der Waals surface area contributed by atoms with Gasteiger partial charge in [0.1, 0.15) is 0 Å². The minimum absolute atomic E-state index is 0.0217. The van der Waals surface area contributed by atoms with Crippen LogP contribution in [0.1, 0.15) is 46.5 Å². The third-order valence-corrected chi connectivity index (χ3v) is 1.63. The molecule has 0 saturated heterocycles. The molecule has 0 atom stereocenters. The van der Waals surface area contributed by atoms with Crippen LogP contribution in [0.15, 0.2) is 0 Å². The number of hydrogen-bond donors (Lipinski definition) is 1. The predicted octanol–water partition coefficient (Wildman–Crippen LogP) is 2.32. The first kappa shape index (κ1) is 11.9. The Morgan fingerprint density at radius 2 is 1.58 bits per heavy atom. The van der Waals surface area contributed by atoms with E-state index in [2.05, 4.69) is 20.8 Å². The Labute approximate surface area is 76.5 Å².